The number of thiophene rings is 1. The zero-order chi connectivity index (χ0) is 21.3. The first kappa shape index (κ1) is 21.0. The molecular weight excluding hydrogens is 388 g/mol. The predicted octanol–water partition coefficient (Wildman–Crippen LogP) is 4.30. The van der Waals surface area contributed by atoms with Gasteiger partial charge in [0, 0.05) is 16.9 Å². The van der Waals surface area contributed by atoms with Crippen molar-refractivity contribution < 1.29 is 14.3 Å². The van der Waals surface area contributed by atoms with E-state index in [4.69, 9.17) is 14.5 Å². The van der Waals surface area contributed by atoms with Gasteiger partial charge in [-0.3, -0.25) is 9.36 Å². The van der Waals surface area contributed by atoms with E-state index in [0.29, 0.717) is 28.2 Å². The van der Waals surface area contributed by atoms with E-state index in [1.54, 1.807) is 27.9 Å². The van der Waals surface area contributed by atoms with Gasteiger partial charge in [0.2, 0.25) is 0 Å². The predicted molar refractivity (Wildman–Crippen MR) is 116 cm³/mol. The molecule has 7 heteroatoms. The molecule has 0 saturated heterocycles. The summed E-state index contributed by atoms with van der Waals surface area (Å²) in [6, 6.07) is 7.61. The van der Waals surface area contributed by atoms with Gasteiger partial charge in [0.15, 0.2) is 0 Å². The Balaban J connectivity index is 2.37. The first-order valence-electron chi connectivity index (χ1n) is 9.63. The first-order chi connectivity index (χ1) is 13.8. The van der Waals surface area contributed by atoms with Crippen molar-refractivity contribution in [2.24, 2.45) is 0 Å². The summed E-state index contributed by atoms with van der Waals surface area (Å²) in [4.78, 5) is 32.8. The number of fused-ring (bicyclic) bond motifs is 1. The van der Waals surface area contributed by atoms with Crippen molar-refractivity contribution in [3.63, 3.8) is 0 Å². The number of carbonyl (C=O) groups is 1. The highest BCUT2D eigenvalue weighted by Gasteiger charge is 2.35. The number of nitrogens with zero attached hydrogens (tertiary/aromatic N) is 2. The van der Waals surface area contributed by atoms with Crippen LogP contribution < -0.4 is 10.3 Å². The molecule has 3 rings (SSSR count). The molecule has 154 valence electrons. The Labute approximate surface area is 174 Å². The minimum atomic E-state index is -1.17. The summed E-state index contributed by atoms with van der Waals surface area (Å²) in [5.74, 6) is 0.832. The zero-order valence-corrected chi connectivity index (χ0v) is 18.5. The lowest BCUT2D eigenvalue weighted by Crippen LogP contribution is -2.45. The highest BCUT2D eigenvalue weighted by molar-refractivity contribution is 7.19. The smallest absolute Gasteiger partial charge is 0.331 e. The Morgan fingerprint density at radius 1 is 1.28 bits per heavy atom. The number of carbonyl (C=O) groups excluding carboxylic acids is 1. The van der Waals surface area contributed by atoms with E-state index in [1.165, 1.54) is 15.9 Å². The highest BCUT2D eigenvalue weighted by atomic mass is 32.1. The van der Waals surface area contributed by atoms with Crippen molar-refractivity contribution in [2.75, 3.05) is 13.7 Å². The van der Waals surface area contributed by atoms with Gasteiger partial charge in [0.1, 0.15) is 21.9 Å². The van der Waals surface area contributed by atoms with E-state index < -0.39 is 11.5 Å². The van der Waals surface area contributed by atoms with Crippen LogP contribution in [-0.4, -0.2) is 29.2 Å². The van der Waals surface area contributed by atoms with Gasteiger partial charge in [-0.25, -0.2) is 9.78 Å². The number of ether oxygens (including phenoxy) is 2. The average Bonchev–Trinajstić information content (AvgIpc) is 3.03. The van der Waals surface area contributed by atoms with Gasteiger partial charge >= 0.3 is 5.97 Å². The van der Waals surface area contributed by atoms with Crippen molar-refractivity contribution in [1.29, 1.82) is 0 Å². The van der Waals surface area contributed by atoms with Crippen molar-refractivity contribution >= 4 is 27.5 Å². The van der Waals surface area contributed by atoms with Crippen LogP contribution in [0.4, 0.5) is 0 Å². The summed E-state index contributed by atoms with van der Waals surface area (Å²) in [6.45, 7) is 9.30. The molecule has 3 aromatic rings. The molecule has 0 radical (unpaired) electrons. The van der Waals surface area contributed by atoms with Crippen LogP contribution >= 0.6 is 11.3 Å². The quantitative estimate of drug-likeness (QED) is 0.563. The van der Waals surface area contributed by atoms with Gasteiger partial charge in [-0.1, -0.05) is 19.1 Å². The second-order valence-electron chi connectivity index (χ2n) is 7.25. The number of rotatable bonds is 6. The van der Waals surface area contributed by atoms with E-state index in [0.717, 1.165) is 16.0 Å². The third-order valence-corrected chi connectivity index (χ3v) is 5.98. The zero-order valence-electron chi connectivity index (χ0n) is 17.7. The highest BCUT2D eigenvalue weighted by Crippen LogP contribution is 2.37. The van der Waals surface area contributed by atoms with E-state index in [1.807, 2.05) is 38.1 Å². The fourth-order valence-electron chi connectivity index (χ4n) is 3.54. The molecule has 0 saturated carbocycles. The van der Waals surface area contributed by atoms with Crippen LogP contribution in [-0.2, 0) is 21.5 Å². The molecule has 0 aliphatic carbocycles. The maximum atomic E-state index is 13.7. The van der Waals surface area contributed by atoms with Crippen LogP contribution in [0.5, 0.6) is 5.75 Å². The molecule has 6 nitrogen and oxygen atoms in total. The van der Waals surface area contributed by atoms with E-state index in [9.17, 15) is 9.59 Å². The Hall–Kier alpha value is -2.67. The molecule has 29 heavy (non-hydrogen) atoms. The molecule has 0 atom stereocenters. The topological polar surface area (TPSA) is 70.4 Å². The number of methoxy groups -OCH3 is 1. The lowest BCUT2D eigenvalue weighted by atomic mass is 10.0. The summed E-state index contributed by atoms with van der Waals surface area (Å²) < 4.78 is 12.1. The first-order valence-corrected chi connectivity index (χ1v) is 10.4. The third-order valence-electron chi connectivity index (χ3n) is 4.98. The van der Waals surface area contributed by atoms with E-state index in [2.05, 4.69) is 0 Å². The molecule has 2 aromatic heterocycles. The average molecular weight is 415 g/mol. The molecule has 1 aromatic carbocycles. The third kappa shape index (κ3) is 3.55. The molecule has 0 amide bonds. The molecule has 0 aliphatic rings. The number of hydrogen-bond donors (Lipinski definition) is 0. The summed E-state index contributed by atoms with van der Waals surface area (Å²) in [7, 11) is 1.61. The van der Waals surface area contributed by atoms with Crippen LogP contribution in [0.15, 0.2) is 29.1 Å². The molecule has 0 fully saturated rings. The molecule has 0 N–H and O–H groups in total. The standard InChI is InChI=1S/C22H26N2O4S/c1-7-16-23-19-18(20(25)24(16)22(4,5)21(26)28-8-2)17(13(3)29-19)14-10-9-11-15(12-14)27-6/h9-12H,7-8H2,1-6H3. The maximum absolute atomic E-state index is 13.7. The lowest BCUT2D eigenvalue weighted by molar-refractivity contribution is -0.152. The summed E-state index contributed by atoms with van der Waals surface area (Å²) in [6.07, 6.45) is 0.527. The van der Waals surface area contributed by atoms with E-state index in [-0.39, 0.29) is 12.2 Å². The lowest BCUT2D eigenvalue weighted by Gasteiger charge is -2.27. The van der Waals surface area contributed by atoms with Crippen LogP contribution in [0, 0.1) is 6.92 Å². The molecule has 0 unspecified atom stereocenters. The number of aryl methyl sites for hydroxylation is 2. The largest absolute Gasteiger partial charge is 0.497 e. The van der Waals surface area contributed by atoms with Crippen molar-refractivity contribution in [3.8, 4) is 16.9 Å². The second-order valence-corrected chi connectivity index (χ2v) is 8.45. The van der Waals surface area contributed by atoms with Gasteiger partial charge in [-0.15, -0.1) is 11.3 Å². The van der Waals surface area contributed by atoms with Gasteiger partial charge in [0.25, 0.3) is 5.56 Å². The Bertz CT molecular complexity index is 1130. The fraction of sp³-hybridized carbons (Fsp3) is 0.409. The number of benzene rings is 1. The van der Waals surface area contributed by atoms with Crippen LogP contribution in [0.3, 0.4) is 0 Å². The fourth-order valence-corrected chi connectivity index (χ4v) is 4.60. The minimum Gasteiger partial charge on any atom is -0.497 e. The van der Waals surface area contributed by atoms with Gasteiger partial charge in [0.05, 0.1) is 19.1 Å². The van der Waals surface area contributed by atoms with Gasteiger partial charge < -0.3 is 9.47 Å². The number of esters is 1. The minimum absolute atomic E-state index is 0.230. The Kier molecular flexibility index (Phi) is 5.80. The van der Waals surface area contributed by atoms with Gasteiger partial charge in [-0.05, 0) is 45.4 Å². The summed E-state index contributed by atoms with van der Waals surface area (Å²) in [5.41, 5.74) is 0.322. The monoisotopic (exact) mass is 414 g/mol. The van der Waals surface area contributed by atoms with Crippen LogP contribution in [0.25, 0.3) is 21.3 Å². The van der Waals surface area contributed by atoms with Gasteiger partial charge in [-0.2, -0.15) is 0 Å². The molecule has 2 heterocycles. The summed E-state index contributed by atoms with van der Waals surface area (Å²) >= 11 is 1.49. The Morgan fingerprint density at radius 3 is 2.62 bits per heavy atom. The summed E-state index contributed by atoms with van der Waals surface area (Å²) in [5, 5.41) is 0.523. The molecule has 0 spiro atoms. The second kappa shape index (κ2) is 7.99. The Morgan fingerprint density at radius 2 is 2.00 bits per heavy atom. The number of aromatic nitrogens is 2. The molecule has 0 bridgehead atoms. The molecular formula is C22H26N2O4S. The normalized spacial score (nSPS) is 11.7. The molecule has 0 aliphatic heterocycles. The van der Waals surface area contributed by atoms with Crippen molar-refractivity contribution in [2.45, 2.75) is 46.6 Å². The van der Waals surface area contributed by atoms with Crippen molar-refractivity contribution in [1.82, 2.24) is 9.55 Å². The van der Waals surface area contributed by atoms with Crippen LogP contribution in [0.2, 0.25) is 0 Å². The van der Waals surface area contributed by atoms with Crippen LogP contribution in [0.1, 0.15) is 38.4 Å². The maximum Gasteiger partial charge on any atom is 0.331 e. The van der Waals surface area contributed by atoms with E-state index >= 15 is 0 Å². The SMILES string of the molecule is CCOC(=O)C(C)(C)n1c(CC)nc2sc(C)c(-c3cccc(OC)c3)c2c1=O. The number of hydrogen-bond acceptors (Lipinski definition) is 6. The van der Waals surface area contributed by atoms with Crippen molar-refractivity contribution in [3.05, 3.63) is 45.3 Å².